The molecule has 0 aliphatic carbocycles. The van der Waals surface area contributed by atoms with E-state index in [9.17, 15) is 9.90 Å². The van der Waals surface area contributed by atoms with E-state index in [1.54, 1.807) is 6.92 Å². The van der Waals surface area contributed by atoms with Gasteiger partial charge >= 0.3 is 5.97 Å². The summed E-state index contributed by atoms with van der Waals surface area (Å²) >= 11 is 0. The Labute approximate surface area is 60.0 Å². The van der Waals surface area contributed by atoms with Gasteiger partial charge < -0.3 is 10.2 Å². The number of carboxylic acid groups (broad SMARTS) is 1. The molecule has 0 heterocycles. The van der Waals surface area contributed by atoms with Crippen molar-refractivity contribution >= 4 is 5.97 Å². The second kappa shape index (κ2) is 2.84. The minimum Gasteiger partial charge on any atom is -0.479 e. The van der Waals surface area contributed by atoms with Crippen LogP contribution in [0, 0.1) is 5.92 Å². The minimum absolute atomic E-state index is 0.440. The van der Waals surface area contributed by atoms with Crippen molar-refractivity contribution in [3.63, 3.8) is 0 Å². The molecular weight excluding hydrogens is 132 g/mol. The average Bonchev–Trinajstić information content (AvgIpc) is 1.86. The SMILES string of the molecule is C=C[C@H](C)[C@@](C)(O)C(=O)O. The van der Waals surface area contributed by atoms with Crippen molar-refractivity contribution in [1.82, 2.24) is 0 Å². The van der Waals surface area contributed by atoms with E-state index in [-0.39, 0.29) is 0 Å². The molecule has 58 valence electrons. The van der Waals surface area contributed by atoms with E-state index in [1.165, 1.54) is 13.0 Å². The first-order valence-corrected chi connectivity index (χ1v) is 3.01. The van der Waals surface area contributed by atoms with Gasteiger partial charge in [0.15, 0.2) is 5.60 Å². The maximum absolute atomic E-state index is 10.3. The van der Waals surface area contributed by atoms with Gasteiger partial charge in [-0.3, -0.25) is 0 Å². The molecule has 10 heavy (non-hydrogen) atoms. The van der Waals surface area contributed by atoms with Gasteiger partial charge in [0.2, 0.25) is 0 Å². The van der Waals surface area contributed by atoms with Crippen LogP contribution in [0.4, 0.5) is 0 Å². The predicted octanol–water partition coefficient (Wildman–Crippen LogP) is 0.644. The molecule has 0 aliphatic rings. The molecule has 3 nitrogen and oxygen atoms in total. The van der Waals surface area contributed by atoms with Gasteiger partial charge in [-0.25, -0.2) is 4.79 Å². The summed E-state index contributed by atoms with van der Waals surface area (Å²) < 4.78 is 0. The zero-order chi connectivity index (χ0) is 8.36. The second-order valence-electron chi connectivity index (χ2n) is 2.48. The van der Waals surface area contributed by atoms with Crippen LogP contribution in [0.5, 0.6) is 0 Å². The minimum atomic E-state index is -1.69. The van der Waals surface area contributed by atoms with E-state index in [2.05, 4.69) is 6.58 Å². The van der Waals surface area contributed by atoms with Gasteiger partial charge in [0.1, 0.15) is 0 Å². The number of rotatable bonds is 3. The Balaban J connectivity index is 4.38. The molecule has 0 aromatic rings. The summed E-state index contributed by atoms with van der Waals surface area (Å²) in [6.45, 7) is 6.24. The molecule has 0 saturated heterocycles. The number of aliphatic carboxylic acids is 1. The van der Waals surface area contributed by atoms with Crippen LogP contribution >= 0.6 is 0 Å². The molecule has 2 atom stereocenters. The first-order chi connectivity index (χ1) is 4.42. The van der Waals surface area contributed by atoms with Gasteiger partial charge in [-0.05, 0) is 6.92 Å². The van der Waals surface area contributed by atoms with Gasteiger partial charge in [-0.2, -0.15) is 0 Å². The summed E-state index contributed by atoms with van der Waals surface area (Å²) in [5.74, 6) is -1.66. The topological polar surface area (TPSA) is 57.5 Å². The summed E-state index contributed by atoms with van der Waals surface area (Å²) in [5, 5.41) is 17.6. The summed E-state index contributed by atoms with van der Waals surface area (Å²) in [4.78, 5) is 10.3. The molecule has 3 heteroatoms. The number of carboxylic acids is 1. The summed E-state index contributed by atoms with van der Waals surface area (Å²) in [6, 6.07) is 0. The quantitative estimate of drug-likeness (QED) is 0.571. The number of hydrogen-bond acceptors (Lipinski definition) is 2. The second-order valence-corrected chi connectivity index (χ2v) is 2.48. The Morgan fingerprint density at radius 1 is 1.80 bits per heavy atom. The molecule has 0 radical (unpaired) electrons. The molecule has 0 fully saturated rings. The van der Waals surface area contributed by atoms with Crippen LogP contribution in [0.1, 0.15) is 13.8 Å². The lowest BCUT2D eigenvalue weighted by atomic mass is 9.91. The Morgan fingerprint density at radius 2 is 2.20 bits per heavy atom. The normalized spacial score (nSPS) is 19.1. The Hall–Kier alpha value is -0.830. The highest BCUT2D eigenvalue weighted by atomic mass is 16.4. The molecule has 0 saturated carbocycles. The highest BCUT2D eigenvalue weighted by Gasteiger charge is 2.34. The van der Waals surface area contributed by atoms with E-state index in [1.807, 2.05) is 0 Å². The molecule has 0 rings (SSSR count). The molecule has 2 N–H and O–H groups in total. The van der Waals surface area contributed by atoms with Crippen LogP contribution < -0.4 is 0 Å². The van der Waals surface area contributed by atoms with Gasteiger partial charge in [0.05, 0.1) is 0 Å². The zero-order valence-corrected chi connectivity index (χ0v) is 6.16. The predicted molar refractivity (Wildman–Crippen MR) is 37.6 cm³/mol. The summed E-state index contributed by atoms with van der Waals surface area (Å²) in [7, 11) is 0. The van der Waals surface area contributed by atoms with E-state index in [4.69, 9.17) is 5.11 Å². The maximum Gasteiger partial charge on any atom is 0.335 e. The monoisotopic (exact) mass is 144 g/mol. The summed E-state index contributed by atoms with van der Waals surface area (Å²) in [5.41, 5.74) is -1.69. The molecule has 0 unspecified atom stereocenters. The third-order valence-corrected chi connectivity index (χ3v) is 1.67. The zero-order valence-electron chi connectivity index (χ0n) is 6.16. The summed E-state index contributed by atoms with van der Waals surface area (Å²) in [6.07, 6.45) is 1.41. The lowest BCUT2D eigenvalue weighted by Crippen LogP contribution is -2.40. The first-order valence-electron chi connectivity index (χ1n) is 3.01. The van der Waals surface area contributed by atoms with Crippen molar-refractivity contribution in [3.05, 3.63) is 12.7 Å². The van der Waals surface area contributed by atoms with Crippen molar-refractivity contribution in [1.29, 1.82) is 0 Å². The van der Waals surface area contributed by atoms with Crippen molar-refractivity contribution in [2.24, 2.45) is 5.92 Å². The van der Waals surface area contributed by atoms with Crippen LogP contribution in [0.25, 0.3) is 0 Å². The van der Waals surface area contributed by atoms with Crippen LogP contribution in [0.2, 0.25) is 0 Å². The number of carbonyl (C=O) groups is 1. The Morgan fingerprint density at radius 3 is 2.30 bits per heavy atom. The van der Waals surface area contributed by atoms with Crippen LogP contribution in [0.15, 0.2) is 12.7 Å². The largest absolute Gasteiger partial charge is 0.479 e. The lowest BCUT2D eigenvalue weighted by Gasteiger charge is -2.22. The third-order valence-electron chi connectivity index (χ3n) is 1.67. The molecule has 0 spiro atoms. The van der Waals surface area contributed by atoms with Crippen molar-refractivity contribution in [3.8, 4) is 0 Å². The molecule has 0 aromatic heterocycles. The van der Waals surface area contributed by atoms with Crippen molar-refractivity contribution in [2.45, 2.75) is 19.4 Å². The van der Waals surface area contributed by atoms with E-state index in [0.29, 0.717) is 0 Å². The van der Waals surface area contributed by atoms with Crippen LogP contribution in [-0.2, 0) is 4.79 Å². The smallest absolute Gasteiger partial charge is 0.335 e. The molecule has 0 aromatic carbocycles. The number of aliphatic hydroxyl groups is 1. The van der Waals surface area contributed by atoms with Crippen molar-refractivity contribution in [2.75, 3.05) is 0 Å². The standard InChI is InChI=1S/C7H12O3/c1-4-5(2)7(3,10)6(8)9/h4-5,10H,1H2,2-3H3,(H,8,9)/t5-,7+/m0/s1. The maximum atomic E-state index is 10.3. The fourth-order valence-corrected chi connectivity index (χ4v) is 0.424. The highest BCUT2D eigenvalue weighted by molar-refractivity contribution is 5.77. The lowest BCUT2D eigenvalue weighted by molar-refractivity contribution is -0.159. The van der Waals surface area contributed by atoms with Crippen molar-refractivity contribution < 1.29 is 15.0 Å². The van der Waals surface area contributed by atoms with Crippen LogP contribution in [0.3, 0.4) is 0 Å². The van der Waals surface area contributed by atoms with Gasteiger partial charge in [0, 0.05) is 5.92 Å². The average molecular weight is 144 g/mol. The Bertz CT molecular complexity index is 149. The van der Waals surface area contributed by atoms with E-state index >= 15 is 0 Å². The molecular formula is C7H12O3. The molecule has 0 amide bonds. The van der Waals surface area contributed by atoms with Gasteiger partial charge in [-0.1, -0.05) is 13.0 Å². The molecule has 0 bridgehead atoms. The highest BCUT2D eigenvalue weighted by Crippen LogP contribution is 2.17. The Kier molecular flexibility index (Phi) is 2.60. The first kappa shape index (κ1) is 9.17. The fraction of sp³-hybridized carbons (Fsp3) is 0.571. The molecule has 0 aliphatic heterocycles. The van der Waals surface area contributed by atoms with Gasteiger partial charge in [0.25, 0.3) is 0 Å². The fourth-order valence-electron chi connectivity index (χ4n) is 0.424. The van der Waals surface area contributed by atoms with Crippen LogP contribution in [-0.4, -0.2) is 21.8 Å². The van der Waals surface area contributed by atoms with Gasteiger partial charge in [-0.15, -0.1) is 6.58 Å². The van der Waals surface area contributed by atoms with E-state index < -0.39 is 17.5 Å². The third kappa shape index (κ3) is 1.57. The number of hydrogen-bond donors (Lipinski definition) is 2. The van der Waals surface area contributed by atoms with E-state index in [0.717, 1.165) is 0 Å².